The number of nitrogens with zero attached hydrogens (tertiary/aromatic N) is 1. The van der Waals surface area contributed by atoms with Crippen LogP contribution in [0.1, 0.15) is 30.8 Å². The van der Waals surface area contributed by atoms with E-state index >= 15 is 0 Å². The van der Waals surface area contributed by atoms with Crippen molar-refractivity contribution in [3.05, 3.63) is 29.0 Å². The molecule has 1 N–H and O–H groups in total. The lowest BCUT2D eigenvalue weighted by Crippen LogP contribution is -2.48. The van der Waals surface area contributed by atoms with Crippen LogP contribution in [0.4, 0.5) is 0 Å². The third kappa shape index (κ3) is 4.33. The van der Waals surface area contributed by atoms with Crippen LogP contribution in [0.25, 0.3) is 0 Å². The molecule has 0 aliphatic heterocycles. The van der Waals surface area contributed by atoms with Gasteiger partial charge in [-0.3, -0.25) is 9.78 Å². The number of aliphatic carboxylic acids is 1. The van der Waals surface area contributed by atoms with Gasteiger partial charge in [0.1, 0.15) is 5.69 Å². The number of carboxylic acids is 1. The second-order valence-corrected chi connectivity index (χ2v) is 4.77. The van der Waals surface area contributed by atoms with E-state index in [2.05, 4.69) is 10.3 Å². The molecule has 6 heteroatoms. The molecule has 0 bridgehead atoms. The Morgan fingerprint density at radius 2 is 2.17 bits per heavy atom. The van der Waals surface area contributed by atoms with E-state index in [-0.39, 0.29) is 11.6 Å². The molecule has 1 aromatic rings. The predicted molar refractivity (Wildman–Crippen MR) is 65.0 cm³/mol. The molecule has 0 saturated carbocycles. The number of carboxylic acid groups (broad SMARTS) is 1. The van der Waals surface area contributed by atoms with Crippen LogP contribution in [-0.4, -0.2) is 22.9 Å². The molecule has 1 amide bonds. The molecule has 0 aliphatic rings. The summed E-state index contributed by atoms with van der Waals surface area (Å²) >= 11 is 5.72. The number of pyridine rings is 1. The molecule has 1 atom stereocenters. The second kappa shape index (κ2) is 6.35. The minimum Gasteiger partial charge on any atom is -0.548 e. The fourth-order valence-corrected chi connectivity index (χ4v) is 1.61. The molecule has 1 aromatic heterocycles. The Kier molecular flexibility index (Phi) is 5.09. The lowest BCUT2D eigenvalue weighted by molar-refractivity contribution is -0.308. The Morgan fingerprint density at radius 3 is 2.67 bits per heavy atom. The van der Waals surface area contributed by atoms with Crippen molar-refractivity contribution in [1.82, 2.24) is 10.3 Å². The van der Waals surface area contributed by atoms with Gasteiger partial charge in [-0.25, -0.2) is 0 Å². The van der Waals surface area contributed by atoms with E-state index in [1.807, 2.05) is 13.8 Å². The van der Waals surface area contributed by atoms with E-state index in [1.165, 1.54) is 18.3 Å². The summed E-state index contributed by atoms with van der Waals surface area (Å²) in [6.45, 7) is 3.72. The van der Waals surface area contributed by atoms with Crippen LogP contribution >= 0.6 is 11.6 Å². The first-order chi connectivity index (χ1) is 8.40. The zero-order chi connectivity index (χ0) is 13.7. The molecule has 5 nitrogen and oxygen atoms in total. The highest BCUT2D eigenvalue weighted by molar-refractivity contribution is 6.30. The van der Waals surface area contributed by atoms with E-state index in [0.717, 1.165) is 0 Å². The molecular weight excluding hydrogens is 256 g/mol. The maximum absolute atomic E-state index is 11.8. The van der Waals surface area contributed by atoms with E-state index in [0.29, 0.717) is 11.4 Å². The van der Waals surface area contributed by atoms with Crippen LogP contribution in [0.5, 0.6) is 0 Å². The summed E-state index contributed by atoms with van der Waals surface area (Å²) in [7, 11) is 0. The van der Waals surface area contributed by atoms with Crippen LogP contribution in [-0.2, 0) is 4.79 Å². The van der Waals surface area contributed by atoms with Gasteiger partial charge in [-0.05, 0) is 24.5 Å². The van der Waals surface area contributed by atoms with Gasteiger partial charge in [-0.1, -0.05) is 25.4 Å². The SMILES string of the molecule is CC(C)C[C@@H](NC(=O)c1cc(Cl)ccn1)C(=O)[O-]. The van der Waals surface area contributed by atoms with Gasteiger partial charge in [0.25, 0.3) is 5.91 Å². The molecule has 0 aliphatic carbocycles. The Morgan fingerprint density at radius 1 is 1.50 bits per heavy atom. The molecule has 18 heavy (non-hydrogen) atoms. The topological polar surface area (TPSA) is 82.1 Å². The normalized spacial score (nSPS) is 12.2. The Hall–Kier alpha value is -1.62. The van der Waals surface area contributed by atoms with Gasteiger partial charge in [0, 0.05) is 11.2 Å². The first-order valence-electron chi connectivity index (χ1n) is 5.53. The minimum atomic E-state index is -1.31. The summed E-state index contributed by atoms with van der Waals surface area (Å²) in [5, 5.41) is 13.6. The van der Waals surface area contributed by atoms with E-state index < -0.39 is 17.9 Å². The average molecular weight is 270 g/mol. The molecule has 0 unspecified atom stereocenters. The molecule has 0 saturated heterocycles. The Balaban J connectivity index is 2.75. The average Bonchev–Trinajstić information content (AvgIpc) is 2.27. The van der Waals surface area contributed by atoms with Crippen LogP contribution in [0.15, 0.2) is 18.3 Å². The number of rotatable bonds is 5. The molecule has 1 heterocycles. The maximum Gasteiger partial charge on any atom is 0.270 e. The fraction of sp³-hybridized carbons (Fsp3) is 0.417. The summed E-state index contributed by atoms with van der Waals surface area (Å²) in [6, 6.07) is 1.87. The first kappa shape index (κ1) is 14.4. The third-order valence-electron chi connectivity index (χ3n) is 2.25. The number of aromatic nitrogens is 1. The maximum atomic E-state index is 11.8. The van der Waals surface area contributed by atoms with Gasteiger partial charge in [-0.2, -0.15) is 0 Å². The number of hydrogen-bond acceptors (Lipinski definition) is 4. The quantitative estimate of drug-likeness (QED) is 0.850. The number of amides is 1. The molecular formula is C12H14ClN2O3-. The Labute approximate surface area is 110 Å². The molecule has 0 radical (unpaired) electrons. The zero-order valence-electron chi connectivity index (χ0n) is 10.1. The van der Waals surface area contributed by atoms with Crippen molar-refractivity contribution < 1.29 is 14.7 Å². The van der Waals surface area contributed by atoms with Gasteiger partial charge < -0.3 is 15.2 Å². The number of hydrogen-bond donors (Lipinski definition) is 1. The predicted octanol–water partition coefficient (Wildman–Crippen LogP) is 0.629. The summed E-state index contributed by atoms with van der Waals surface area (Å²) in [5.41, 5.74) is 0.0810. The summed E-state index contributed by atoms with van der Waals surface area (Å²) in [6.07, 6.45) is 1.68. The fourth-order valence-electron chi connectivity index (χ4n) is 1.45. The molecule has 0 fully saturated rings. The second-order valence-electron chi connectivity index (χ2n) is 4.33. The number of carbonyl (C=O) groups is 2. The van der Waals surface area contributed by atoms with Crippen molar-refractivity contribution in [3.8, 4) is 0 Å². The van der Waals surface area contributed by atoms with E-state index in [4.69, 9.17) is 11.6 Å². The van der Waals surface area contributed by atoms with Crippen molar-refractivity contribution in [2.45, 2.75) is 26.3 Å². The van der Waals surface area contributed by atoms with Gasteiger partial charge in [0.05, 0.1) is 12.0 Å². The summed E-state index contributed by atoms with van der Waals surface area (Å²) in [4.78, 5) is 26.5. The number of carbonyl (C=O) groups excluding carboxylic acids is 2. The first-order valence-corrected chi connectivity index (χ1v) is 5.91. The summed E-state index contributed by atoms with van der Waals surface area (Å²) < 4.78 is 0. The third-order valence-corrected chi connectivity index (χ3v) is 2.49. The van der Waals surface area contributed by atoms with Crippen LogP contribution < -0.4 is 10.4 Å². The largest absolute Gasteiger partial charge is 0.548 e. The lowest BCUT2D eigenvalue weighted by Gasteiger charge is -2.21. The van der Waals surface area contributed by atoms with Crippen molar-refractivity contribution in [1.29, 1.82) is 0 Å². The minimum absolute atomic E-state index is 0.0810. The van der Waals surface area contributed by atoms with E-state index in [9.17, 15) is 14.7 Å². The highest BCUT2D eigenvalue weighted by Crippen LogP contribution is 2.09. The standard InChI is InChI=1S/C12H15ClN2O3/c1-7(2)5-10(12(17)18)15-11(16)9-6-8(13)3-4-14-9/h3-4,6-7,10H,5H2,1-2H3,(H,15,16)(H,17,18)/p-1/t10-/m1/s1. The lowest BCUT2D eigenvalue weighted by atomic mass is 10.0. The van der Waals surface area contributed by atoms with Gasteiger partial charge >= 0.3 is 0 Å². The molecule has 98 valence electrons. The smallest absolute Gasteiger partial charge is 0.270 e. The van der Waals surface area contributed by atoms with Crippen LogP contribution in [0.3, 0.4) is 0 Å². The van der Waals surface area contributed by atoms with Crippen LogP contribution in [0, 0.1) is 5.92 Å². The van der Waals surface area contributed by atoms with Gasteiger partial charge in [0.15, 0.2) is 0 Å². The number of halogens is 1. The molecule has 0 spiro atoms. The highest BCUT2D eigenvalue weighted by Gasteiger charge is 2.17. The van der Waals surface area contributed by atoms with Crippen LogP contribution in [0.2, 0.25) is 5.02 Å². The van der Waals surface area contributed by atoms with Crippen molar-refractivity contribution in [3.63, 3.8) is 0 Å². The Bertz CT molecular complexity index is 449. The number of nitrogens with one attached hydrogen (secondary N) is 1. The molecule has 1 rings (SSSR count). The van der Waals surface area contributed by atoms with Gasteiger partial charge in [-0.15, -0.1) is 0 Å². The van der Waals surface area contributed by atoms with Crippen molar-refractivity contribution >= 4 is 23.5 Å². The zero-order valence-corrected chi connectivity index (χ0v) is 10.9. The van der Waals surface area contributed by atoms with Crippen molar-refractivity contribution in [2.75, 3.05) is 0 Å². The highest BCUT2D eigenvalue weighted by atomic mass is 35.5. The monoisotopic (exact) mass is 269 g/mol. The van der Waals surface area contributed by atoms with Gasteiger partial charge in [0.2, 0.25) is 0 Å². The van der Waals surface area contributed by atoms with E-state index in [1.54, 1.807) is 0 Å². The molecule has 0 aromatic carbocycles. The van der Waals surface area contributed by atoms with Crippen molar-refractivity contribution in [2.24, 2.45) is 5.92 Å². The summed E-state index contributed by atoms with van der Waals surface area (Å²) in [5.74, 6) is -1.76.